The molecule has 2 aromatic carbocycles. The number of fused-ring (bicyclic) bond motifs is 1. The highest BCUT2D eigenvalue weighted by atomic mass is 19.1. The Morgan fingerprint density at radius 3 is 2.81 bits per heavy atom. The van der Waals surface area contributed by atoms with E-state index in [0.717, 1.165) is 4.57 Å². The van der Waals surface area contributed by atoms with Gasteiger partial charge in [-0.15, -0.1) is 0 Å². The van der Waals surface area contributed by atoms with Gasteiger partial charge in [-0.2, -0.15) is 0 Å². The first-order valence-electron chi connectivity index (χ1n) is 7.58. The van der Waals surface area contributed by atoms with E-state index in [4.69, 9.17) is 4.42 Å². The van der Waals surface area contributed by atoms with Gasteiger partial charge in [0, 0.05) is 17.1 Å². The van der Waals surface area contributed by atoms with E-state index in [1.807, 2.05) is 0 Å². The Morgan fingerprint density at radius 1 is 1.19 bits per heavy atom. The molecule has 0 saturated carbocycles. The highest BCUT2D eigenvalue weighted by Gasteiger charge is 2.19. The summed E-state index contributed by atoms with van der Waals surface area (Å²) in [5.41, 5.74) is 1.13. The van der Waals surface area contributed by atoms with Crippen LogP contribution in [-0.4, -0.2) is 25.9 Å². The number of nitrogens with zero attached hydrogens (tertiary/aromatic N) is 2. The Kier molecular flexibility index (Phi) is 3.58. The summed E-state index contributed by atoms with van der Waals surface area (Å²) in [6.07, 6.45) is 0.148. The number of carbonyl (C=O) groups is 1. The zero-order chi connectivity index (χ0) is 18.3. The number of aromatic hydroxyl groups is 1. The second-order valence-electron chi connectivity index (χ2n) is 5.56. The van der Waals surface area contributed by atoms with Gasteiger partial charge >= 0.3 is 6.09 Å². The minimum Gasteiger partial charge on any atom is -0.508 e. The minimum absolute atomic E-state index is 0.0785. The Balaban J connectivity index is 1.75. The highest BCUT2D eigenvalue weighted by molar-refractivity contribution is 5.95. The number of halogens is 1. The number of carboxylic acid groups (broad SMARTS) is 1. The van der Waals surface area contributed by atoms with Crippen molar-refractivity contribution in [1.29, 1.82) is 0 Å². The third kappa shape index (κ3) is 2.73. The van der Waals surface area contributed by atoms with E-state index in [0.29, 0.717) is 16.6 Å². The van der Waals surface area contributed by atoms with Crippen LogP contribution in [0.4, 0.5) is 20.9 Å². The Labute approximate surface area is 145 Å². The summed E-state index contributed by atoms with van der Waals surface area (Å²) in [7, 11) is 0. The Bertz CT molecular complexity index is 1130. The molecule has 2 aromatic heterocycles. The van der Waals surface area contributed by atoms with Gasteiger partial charge in [-0.3, -0.25) is 0 Å². The van der Waals surface area contributed by atoms with Gasteiger partial charge in [-0.05, 0) is 36.4 Å². The quantitative estimate of drug-likeness (QED) is 0.504. The summed E-state index contributed by atoms with van der Waals surface area (Å²) in [5, 5.41) is 22.3. The van der Waals surface area contributed by atoms with E-state index >= 15 is 0 Å². The number of rotatable bonds is 3. The van der Waals surface area contributed by atoms with Crippen molar-refractivity contribution in [3.63, 3.8) is 0 Å². The predicted molar refractivity (Wildman–Crippen MR) is 92.2 cm³/mol. The van der Waals surface area contributed by atoms with Crippen LogP contribution in [0.3, 0.4) is 0 Å². The van der Waals surface area contributed by atoms with E-state index in [2.05, 4.69) is 10.3 Å². The second-order valence-corrected chi connectivity index (χ2v) is 5.56. The smallest absolute Gasteiger partial charge is 0.416 e. The molecular formula is C18H12FN3O4. The SMILES string of the molecule is O=C(O)n1c(-c2cnc(Nc3cccc(O)c3)o2)cc2cc(F)ccc21. The fourth-order valence-electron chi connectivity index (χ4n) is 2.73. The fourth-order valence-corrected chi connectivity index (χ4v) is 2.73. The normalized spacial score (nSPS) is 11.0. The van der Waals surface area contributed by atoms with Crippen LogP contribution in [0.15, 0.2) is 59.1 Å². The number of benzene rings is 2. The van der Waals surface area contributed by atoms with Crippen molar-refractivity contribution < 1.29 is 23.8 Å². The van der Waals surface area contributed by atoms with Crippen molar-refractivity contribution >= 4 is 28.7 Å². The summed E-state index contributed by atoms with van der Waals surface area (Å²) in [4.78, 5) is 15.7. The minimum atomic E-state index is -1.22. The standard InChI is InChI=1S/C18H12FN3O4/c19-11-4-5-14-10(6-11)7-15(22(14)18(24)25)16-9-20-17(26-16)21-12-2-1-3-13(23)8-12/h1-9,23H,(H,20,21)(H,24,25). The maximum Gasteiger partial charge on any atom is 0.416 e. The summed E-state index contributed by atoms with van der Waals surface area (Å²) in [5.74, 6) is -0.183. The van der Waals surface area contributed by atoms with Crippen molar-refractivity contribution in [2.24, 2.45) is 0 Å². The van der Waals surface area contributed by atoms with Crippen LogP contribution in [-0.2, 0) is 0 Å². The molecule has 4 aromatic rings. The zero-order valence-corrected chi connectivity index (χ0v) is 13.2. The Morgan fingerprint density at radius 2 is 2.04 bits per heavy atom. The predicted octanol–water partition coefficient (Wildman–Crippen LogP) is 4.41. The third-order valence-corrected chi connectivity index (χ3v) is 3.81. The topological polar surface area (TPSA) is 101 Å². The summed E-state index contributed by atoms with van der Waals surface area (Å²) in [6.45, 7) is 0. The second kappa shape index (κ2) is 5.92. The molecular weight excluding hydrogens is 341 g/mol. The monoisotopic (exact) mass is 353 g/mol. The van der Waals surface area contributed by atoms with Crippen molar-refractivity contribution in [3.8, 4) is 17.2 Å². The fraction of sp³-hybridized carbons (Fsp3) is 0. The molecule has 0 spiro atoms. The highest BCUT2D eigenvalue weighted by Crippen LogP contribution is 2.31. The van der Waals surface area contributed by atoms with Crippen LogP contribution in [0.1, 0.15) is 0 Å². The largest absolute Gasteiger partial charge is 0.508 e. The average molecular weight is 353 g/mol. The molecule has 0 unspecified atom stereocenters. The van der Waals surface area contributed by atoms with Crippen LogP contribution < -0.4 is 5.32 Å². The third-order valence-electron chi connectivity index (χ3n) is 3.81. The first-order valence-corrected chi connectivity index (χ1v) is 7.58. The van der Waals surface area contributed by atoms with Crippen LogP contribution in [0.25, 0.3) is 22.4 Å². The number of phenolic OH excluding ortho intramolecular Hbond substituents is 1. The lowest BCUT2D eigenvalue weighted by atomic mass is 10.2. The first-order chi connectivity index (χ1) is 12.5. The lowest BCUT2D eigenvalue weighted by molar-refractivity contribution is 0.197. The molecule has 0 radical (unpaired) electrons. The number of anilines is 2. The molecule has 8 heteroatoms. The molecule has 0 atom stereocenters. The van der Waals surface area contributed by atoms with E-state index in [9.17, 15) is 19.4 Å². The molecule has 0 amide bonds. The molecule has 3 N–H and O–H groups in total. The van der Waals surface area contributed by atoms with Crippen LogP contribution in [0, 0.1) is 5.82 Å². The summed E-state index contributed by atoms with van der Waals surface area (Å²) >= 11 is 0. The molecule has 0 bridgehead atoms. The van der Waals surface area contributed by atoms with Crippen molar-refractivity contribution in [2.75, 3.05) is 5.32 Å². The van der Waals surface area contributed by atoms with Gasteiger partial charge < -0.3 is 19.9 Å². The first kappa shape index (κ1) is 15.7. The molecule has 4 rings (SSSR count). The maximum atomic E-state index is 13.4. The molecule has 26 heavy (non-hydrogen) atoms. The number of nitrogens with one attached hydrogen (secondary N) is 1. The van der Waals surface area contributed by atoms with Crippen molar-refractivity contribution in [2.45, 2.75) is 0 Å². The van der Waals surface area contributed by atoms with Gasteiger partial charge in [0.25, 0.3) is 6.01 Å². The van der Waals surface area contributed by atoms with E-state index < -0.39 is 11.9 Å². The van der Waals surface area contributed by atoms with Crippen LogP contribution in [0.2, 0.25) is 0 Å². The van der Waals surface area contributed by atoms with Crippen LogP contribution in [0.5, 0.6) is 5.75 Å². The van der Waals surface area contributed by atoms with Gasteiger partial charge in [0.15, 0.2) is 5.76 Å². The molecule has 7 nitrogen and oxygen atoms in total. The molecule has 130 valence electrons. The van der Waals surface area contributed by atoms with Gasteiger partial charge in [-0.1, -0.05) is 6.07 Å². The van der Waals surface area contributed by atoms with Crippen molar-refractivity contribution in [3.05, 3.63) is 60.5 Å². The molecule has 0 saturated heterocycles. The van der Waals surface area contributed by atoms with E-state index in [1.165, 1.54) is 42.6 Å². The number of phenols is 1. The number of hydrogen-bond donors (Lipinski definition) is 3. The summed E-state index contributed by atoms with van der Waals surface area (Å²) in [6, 6.07) is 11.9. The molecule has 0 aliphatic heterocycles. The van der Waals surface area contributed by atoms with Gasteiger partial charge in [-0.25, -0.2) is 18.7 Å². The van der Waals surface area contributed by atoms with E-state index in [-0.39, 0.29) is 23.2 Å². The molecule has 0 aliphatic carbocycles. The average Bonchev–Trinajstić information content (AvgIpc) is 3.18. The lowest BCUT2D eigenvalue weighted by Crippen LogP contribution is -2.08. The molecule has 0 fully saturated rings. The number of oxazole rings is 1. The van der Waals surface area contributed by atoms with Gasteiger partial charge in [0.1, 0.15) is 11.6 Å². The van der Waals surface area contributed by atoms with Gasteiger partial charge in [0.2, 0.25) is 0 Å². The van der Waals surface area contributed by atoms with Gasteiger partial charge in [0.05, 0.1) is 17.4 Å². The van der Waals surface area contributed by atoms with E-state index in [1.54, 1.807) is 12.1 Å². The zero-order valence-electron chi connectivity index (χ0n) is 13.2. The summed E-state index contributed by atoms with van der Waals surface area (Å²) < 4.78 is 20.0. The lowest BCUT2D eigenvalue weighted by Gasteiger charge is -2.03. The molecule has 0 aliphatic rings. The Hall–Kier alpha value is -3.81. The number of hydrogen-bond acceptors (Lipinski definition) is 5. The maximum absolute atomic E-state index is 13.4. The van der Waals surface area contributed by atoms with Crippen molar-refractivity contribution in [1.82, 2.24) is 9.55 Å². The molecule has 2 heterocycles. The van der Waals surface area contributed by atoms with Crippen LogP contribution >= 0.6 is 0 Å². The number of aromatic nitrogens is 2.